The highest BCUT2D eigenvalue weighted by Crippen LogP contribution is 2.22. The van der Waals surface area contributed by atoms with Gasteiger partial charge in [0.05, 0.1) is 6.42 Å². The maximum atomic E-state index is 11.8. The van der Waals surface area contributed by atoms with Crippen molar-refractivity contribution in [2.45, 2.75) is 19.0 Å². The fourth-order valence-corrected chi connectivity index (χ4v) is 1.59. The molecule has 0 bridgehead atoms. The third-order valence-electron chi connectivity index (χ3n) is 2.41. The topological polar surface area (TPSA) is 29.3 Å². The van der Waals surface area contributed by atoms with Gasteiger partial charge < -0.3 is 10.6 Å². The van der Waals surface area contributed by atoms with Crippen LogP contribution in [0, 0.1) is 5.92 Å². The highest BCUT2D eigenvalue weighted by atomic mass is 19.4. The lowest BCUT2D eigenvalue weighted by Crippen LogP contribution is -2.27. The minimum Gasteiger partial charge on any atom is -0.330 e. The summed E-state index contributed by atoms with van der Waals surface area (Å²) in [5.41, 5.74) is 5.43. The van der Waals surface area contributed by atoms with Gasteiger partial charge >= 0.3 is 6.18 Å². The van der Waals surface area contributed by atoms with Crippen molar-refractivity contribution in [1.82, 2.24) is 4.90 Å². The Morgan fingerprint density at radius 2 is 2.08 bits per heavy atom. The molecular formula is C8H15F3N2. The fraction of sp³-hybridized carbons (Fsp3) is 1.00. The normalized spacial score (nSPS) is 25.4. The third-order valence-corrected chi connectivity index (χ3v) is 2.41. The first-order chi connectivity index (χ1) is 6.01. The zero-order chi connectivity index (χ0) is 9.90. The summed E-state index contributed by atoms with van der Waals surface area (Å²) in [7, 11) is 0. The van der Waals surface area contributed by atoms with E-state index in [-0.39, 0.29) is 6.54 Å². The van der Waals surface area contributed by atoms with Crippen molar-refractivity contribution in [2.24, 2.45) is 11.7 Å². The van der Waals surface area contributed by atoms with E-state index in [1.54, 1.807) is 0 Å². The number of hydrogen-bond acceptors (Lipinski definition) is 2. The highest BCUT2D eigenvalue weighted by Gasteiger charge is 2.29. The Morgan fingerprint density at radius 3 is 2.54 bits per heavy atom. The van der Waals surface area contributed by atoms with Gasteiger partial charge in [-0.3, -0.25) is 0 Å². The summed E-state index contributed by atoms with van der Waals surface area (Å²) in [4.78, 5) is 1.84. The van der Waals surface area contributed by atoms with Crippen molar-refractivity contribution in [3.8, 4) is 0 Å². The molecule has 1 fully saturated rings. The Labute approximate surface area is 75.9 Å². The van der Waals surface area contributed by atoms with Gasteiger partial charge in [-0.2, -0.15) is 13.2 Å². The van der Waals surface area contributed by atoms with Gasteiger partial charge in [0.2, 0.25) is 0 Å². The predicted octanol–water partition coefficient (Wildman–Crippen LogP) is 1.22. The number of rotatable bonds is 3. The van der Waals surface area contributed by atoms with Crippen LogP contribution in [0.4, 0.5) is 13.2 Å². The number of hydrogen-bond donors (Lipinski definition) is 1. The van der Waals surface area contributed by atoms with E-state index < -0.39 is 12.6 Å². The summed E-state index contributed by atoms with van der Waals surface area (Å²) >= 11 is 0. The maximum Gasteiger partial charge on any atom is 0.390 e. The van der Waals surface area contributed by atoms with Crippen LogP contribution in [0.2, 0.25) is 0 Å². The van der Waals surface area contributed by atoms with E-state index in [0.717, 1.165) is 19.5 Å². The molecule has 1 unspecified atom stereocenters. The lowest BCUT2D eigenvalue weighted by molar-refractivity contribution is -0.137. The zero-order valence-electron chi connectivity index (χ0n) is 7.48. The standard InChI is InChI=1S/C8H15F3N2/c9-8(10,11)2-4-13-3-1-7(5-12)6-13/h7H,1-6,12H2. The maximum absolute atomic E-state index is 11.8. The summed E-state index contributed by atoms with van der Waals surface area (Å²) in [6.07, 6.45) is -3.79. The van der Waals surface area contributed by atoms with Crippen LogP contribution in [0.25, 0.3) is 0 Å². The molecular weight excluding hydrogens is 181 g/mol. The van der Waals surface area contributed by atoms with Crippen LogP contribution in [-0.2, 0) is 0 Å². The van der Waals surface area contributed by atoms with Crippen molar-refractivity contribution in [1.29, 1.82) is 0 Å². The van der Waals surface area contributed by atoms with Crippen molar-refractivity contribution in [3.63, 3.8) is 0 Å². The van der Waals surface area contributed by atoms with Gasteiger partial charge in [0.15, 0.2) is 0 Å². The van der Waals surface area contributed by atoms with Gasteiger partial charge in [-0.05, 0) is 25.4 Å². The molecule has 0 radical (unpaired) electrons. The smallest absolute Gasteiger partial charge is 0.330 e. The fourth-order valence-electron chi connectivity index (χ4n) is 1.59. The minimum absolute atomic E-state index is 0.125. The van der Waals surface area contributed by atoms with Crippen LogP contribution in [-0.4, -0.2) is 37.3 Å². The van der Waals surface area contributed by atoms with Crippen LogP contribution in [0.5, 0.6) is 0 Å². The Bertz CT molecular complexity index is 158. The lowest BCUT2D eigenvalue weighted by atomic mass is 10.1. The van der Waals surface area contributed by atoms with Crippen LogP contribution in [0.1, 0.15) is 12.8 Å². The van der Waals surface area contributed by atoms with Crippen LogP contribution in [0.15, 0.2) is 0 Å². The molecule has 0 aromatic carbocycles. The lowest BCUT2D eigenvalue weighted by Gasteiger charge is -2.16. The molecule has 1 aliphatic rings. The third kappa shape index (κ3) is 3.95. The van der Waals surface area contributed by atoms with E-state index in [2.05, 4.69) is 0 Å². The molecule has 0 aromatic rings. The van der Waals surface area contributed by atoms with Crippen LogP contribution >= 0.6 is 0 Å². The molecule has 0 spiro atoms. The molecule has 1 saturated heterocycles. The number of nitrogens with two attached hydrogens (primary N) is 1. The van der Waals surface area contributed by atoms with Crippen LogP contribution < -0.4 is 5.73 Å². The molecule has 2 N–H and O–H groups in total. The molecule has 2 nitrogen and oxygen atoms in total. The second kappa shape index (κ2) is 4.28. The molecule has 0 aromatic heterocycles. The largest absolute Gasteiger partial charge is 0.390 e. The van der Waals surface area contributed by atoms with Crippen molar-refractivity contribution in [2.75, 3.05) is 26.2 Å². The Morgan fingerprint density at radius 1 is 1.38 bits per heavy atom. The van der Waals surface area contributed by atoms with E-state index in [0.29, 0.717) is 12.5 Å². The quantitative estimate of drug-likeness (QED) is 0.735. The molecule has 1 heterocycles. The Balaban J connectivity index is 2.17. The monoisotopic (exact) mass is 196 g/mol. The molecule has 13 heavy (non-hydrogen) atoms. The minimum atomic E-state index is -4.03. The molecule has 0 saturated carbocycles. The first-order valence-corrected chi connectivity index (χ1v) is 4.50. The second-order valence-electron chi connectivity index (χ2n) is 3.56. The summed E-state index contributed by atoms with van der Waals surface area (Å²) in [6.45, 7) is 2.20. The second-order valence-corrected chi connectivity index (χ2v) is 3.56. The number of halogens is 3. The van der Waals surface area contributed by atoms with Crippen molar-refractivity contribution < 1.29 is 13.2 Å². The van der Waals surface area contributed by atoms with Crippen LogP contribution in [0.3, 0.4) is 0 Å². The molecule has 1 atom stereocenters. The summed E-state index contributed by atoms with van der Waals surface area (Å²) in [5.74, 6) is 0.397. The molecule has 1 rings (SSSR count). The summed E-state index contributed by atoms with van der Waals surface area (Å²) < 4.78 is 35.5. The van der Waals surface area contributed by atoms with E-state index in [4.69, 9.17) is 5.73 Å². The van der Waals surface area contributed by atoms with Gasteiger partial charge in [-0.1, -0.05) is 0 Å². The van der Waals surface area contributed by atoms with Gasteiger partial charge in [-0.15, -0.1) is 0 Å². The van der Waals surface area contributed by atoms with Gasteiger partial charge in [0.25, 0.3) is 0 Å². The first kappa shape index (κ1) is 10.8. The molecule has 0 amide bonds. The van der Waals surface area contributed by atoms with Crippen molar-refractivity contribution in [3.05, 3.63) is 0 Å². The Hall–Kier alpha value is -0.290. The van der Waals surface area contributed by atoms with Gasteiger partial charge in [-0.25, -0.2) is 0 Å². The van der Waals surface area contributed by atoms with E-state index in [9.17, 15) is 13.2 Å². The molecule has 78 valence electrons. The molecule has 1 aliphatic heterocycles. The average Bonchev–Trinajstić information content (AvgIpc) is 2.47. The first-order valence-electron chi connectivity index (χ1n) is 4.50. The highest BCUT2D eigenvalue weighted by molar-refractivity contribution is 4.76. The van der Waals surface area contributed by atoms with E-state index in [1.807, 2.05) is 4.90 Å². The summed E-state index contributed by atoms with van der Waals surface area (Å²) in [5, 5.41) is 0. The van der Waals surface area contributed by atoms with E-state index >= 15 is 0 Å². The Kier molecular flexibility index (Phi) is 3.55. The van der Waals surface area contributed by atoms with Crippen molar-refractivity contribution >= 4 is 0 Å². The van der Waals surface area contributed by atoms with Gasteiger partial charge in [0.1, 0.15) is 0 Å². The SMILES string of the molecule is NCC1CCN(CCC(F)(F)F)C1. The molecule has 5 heteroatoms. The molecule has 0 aliphatic carbocycles. The number of nitrogens with zero attached hydrogens (tertiary/aromatic N) is 1. The number of likely N-dealkylation sites (tertiary alicyclic amines) is 1. The average molecular weight is 196 g/mol. The zero-order valence-corrected chi connectivity index (χ0v) is 7.48. The number of alkyl halides is 3. The predicted molar refractivity (Wildman–Crippen MR) is 44.3 cm³/mol. The van der Waals surface area contributed by atoms with Gasteiger partial charge in [0, 0.05) is 13.1 Å². The summed E-state index contributed by atoms with van der Waals surface area (Å²) in [6, 6.07) is 0. The van der Waals surface area contributed by atoms with E-state index in [1.165, 1.54) is 0 Å².